The first kappa shape index (κ1) is 15.2. The number of thiazole rings is 1. The number of aliphatic carboxylic acids is 1. The van der Waals surface area contributed by atoms with Crippen molar-refractivity contribution in [3.05, 3.63) is 11.1 Å². The molecule has 1 saturated heterocycles. The number of carboxylic acid groups (broad SMARTS) is 1. The van der Waals surface area contributed by atoms with Gasteiger partial charge in [0.05, 0.1) is 5.69 Å². The topological polar surface area (TPSA) is 82.7 Å². The lowest BCUT2D eigenvalue weighted by molar-refractivity contribution is -0.138. The molecular weight excluding hydrogens is 276 g/mol. The molecule has 1 aromatic heterocycles. The van der Waals surface area contributed by atoms with Crippen LogP contribution in [0.3, 0.4) is 0 Å². The average Bonchev–Trinajstić information content (AvgIpc) is 2.87. The van der Waals surface area contributed by atoms with Gasteiger partial charge >= 0.3 is 5.97 Å². The largest absolute Gasteiger partial charge is 0.480 e. The molecule has 0 amide bonds. The van der Waals surface area contributed by atoms with Gasteiger partial charge in [0.1, 0.15) is 6.04 Å². The van der Waals surface area contributed by atoms with Crippen LogP contribution in [0.25, 0.3) is 0 Å². The van der Waals surface area contributed by atoms with Crippen LogP contribution in [0.1, 0.15) is 24.6 Å². The van der Waals surface area contributed by atoms with Gasteiger partial charge in [-0.15, -0.1) is 11.3 Å². The molecule has 7 heteroatoms. The minimum Gasteiger partial charge on any atom is -0.480 e. The van der Waals surface area contributed by atoms with Crippen molar-refractivity contribution in [1.29, 1.82) is 0 Å². The molecule has 112 valence electrons. The average molecular weight is 298 g/mol. The van der Waals surface area contributed by atoms with E-state index < -0.39 is 12.0 Å². The predicted molar refractivity (Wildman–Crippen MR) is 80.2 cm³/mol. The first-order chi connectivity index (χ1) is 9.47. The molecule has 6 nitrogen and oxygen atoms in total. The molecule has 2 rings (SSSR count). The van der Waals surface area contributed by atoms with Gasteiger partial charge in [0.15, 0.2) is 5.13 Å². The van der Waals surface area contributed by atoms with Crippen LogP contribution in [-0.4, -0.2) is 54.7 Å². The summed E-state index contributed by atoms with van der Waals surface area (Å²) in [6, 6.07) is -1.02. The third-order valence-electron chi connectivity index (χ3n) is 3.60. The number of rotatable bonds is 5. The number of hydrogen-bond acceptors (Lipinski definition) is 6. The number of carbonyl (C=O) groups is 1. The number of piperidine rings is 1. The zero-order chi connectivity index (χ0) is 14.7. The van der Waals surface area contributed by atoms with Gasteiger partial charge in [0, 0.05) is 25.0 Å². The molecule has 20 heavy (non-hydrogen) atoms. The number of nitrogens with two attached hydrogens (primary N) is 1. The van der Waals surface area contributed by atoms with Crippen molar-refractivity contribution in [2.75, 3.05) is 38.6 Å². The van der Waals surface area contributed by atoms with Gasteiger partial charge in [-0.2, -0.15) is 0 Å². The van der Waals surface area contributed by atoms with Crippen molar-refractivity contribution in [1.82, 2.24) is 9.88 Å². The van der Waals surface area contributed by atoms with Crippen molar-refractivity contribution in [3.8, 4) is 0 Å². The summed E-state index contributed by atoms with van der Waals surface area (Å²) < 4.78 is 0. The van der Waals surface area contributed by atoms with E-state index in [0.29, 0.717) is 5.69 Å². The minimum atomic E-state index is -1.04. The highest BCUT2D eigenvalue weighted by molar-refractivity contribution is 7.13. The van der Waals surface area contributed by atoms with Crippen molar-refractivity contribution < 1.29 is 9.90 Å². The molecule has 1 aliphatic heterocycles. The summed E-state index contributed by atoms with van der Waals surface area (Å²) in [6.07, 6.45) is 2.30. The summed E-state index contributed by atoms with van der Waals surface area (Å²) in [7, 11) is 4.21. The Balaban J connectivity index is 1.92. The maximum Gasteiger partial charge on any atom is 0.326 e. The van der Waals surface area contributed by atoms with E-state index in [-0.39, 0.29) is 0 Å². The standard InChI is InChI=1S/C13H22N4O2S/c1-16(2)7-9-3-5-17(6-4-9)13-15-10(8-20-13)11(14)12(18)19/h8-9,11H,3-7,14H2,1-2H3,(H,18,19). The number of nitrogens with zero attached hydrogens (tertiary/aromatic N) is 3. The predicted octanol–water partition coefficient (Wildman–Crippen LogP) is 1.01. The zero-order valence-corrected chi connectivity index (χ0v) is 12.8. The molecule has 0 spiro atoms. The van der Waals surface area contributed by atoms with E-state index in [9.17, 15) is 4.79 Å². The smallest absolute Gasteiger partial charge is 0.326 e. The van der Waals surface area contributed by atoms with E-state index in [4.69, 9.17) is 10.8 Å². The second-order valence-corrected chi connectivity index (χ2v) is 6.40. The Kier molecular flexibility index (Phi) is 4.95. The fourth-order valence-corrected chi connectivity index (χ4v) is 3.43. The first-order valence-electron chi connectivity index (χ1n) is 6.81. The van der Waals surface area contributed by atoms with Crippen molar-refractivity contribution in [2.24, 2.45) is 11.7 Å². The molecule has 1 fully saturated rings. The summed E-state index contributed by atoms with van der Waals surface area (Å²) >= 11 is 1.48. The molecule has 0 aliphatic carbocycles. The van der Waals surface area contributed by atoms with Crippen LogP contribution in [0, 0.1) is 5.92 Å². The lowest BCUT2D eigenvalue weighted by Crippen LogP contribution is -2.37. The number of carboxylic acids is 1. The molecule has 1 aromatic rings. The van der Waals surface area contributed by atoms with Crippen molar-refractivity contribution in [2.45, 2.75) is 18.9 Å². The van der Waals surface area contributed by atoms with Crippen LogP contribution in [-0.2, 0) is 4.79 Å². The lowest BCUT2D eigenvalue weighted by Gasteiger charge is -2.33. The van der Waals surface area contributed by atoms with Crippen LogP contribution in [0.4, 0.5) is 5.13 Å². The number of aromatic nitrogens is 1. The molecule has 0 aromatic carbocycles. The first-order valence-corrected chi connectivity index (χ1v) is 7.69. The second-order valence-electron chi connectivity index (χ2n) is 5.56. The molecular formula is C13H22N4O2S. The van der Waals surface area contributed by atoms with Gasteiger partial charge in [0.25, 0.3) is 0 Å². The van der Waals surface area contributed by atoms with Gasteiger partial charge in [0.2, 0.25) is 0 Å². The summed E-state index contributed by atoms with van der Waals surface area (Å²) in [4.78, 5) is 19.7. The molecule has 1 unspecified atom stereocenters. The second kappa shape index (κ2) is 6.51. The van der Waals surface area contributed by atoms with Gasteiger partial charge < -0.3 is 20.6 Å². The highest BCUT2D eigenvalue weighted by Gasteiger charge is 2.23. The summed E-state index contributed by atoms with van der Waals surface area (Å²) in [6.45, 7) is 3.09. The molecule has 0 bridgehead atoms. The minimum absolute atomic E-state index is 0.452. The third-order valence-corrected chi connectivity index (χ3v) is 4.52. The zero-order valence-electron chi connectivity index (χ0n) is 12.0. The Hall–Kier alpha value is -1.18. The highest BCUT2D eigenvalue weighted by atomic mass is 32.1. The number of hydrogen-bond donors (Lipinski definition) is 2. The van der Waals surface area contributed by atoms with Crippen molar-refractivity contribution in [3.63, 3.8) is 0 Å². The maximum atomic E-state index is 10.9. The van der Waals surface area contributed by atoms with Gasteiger partial charge in [-0.1, -0.05) is 0 Å². The third kappa shape index (κ3) is 3.68. The van der Waals surface area contributed by atoms with Crippen LogP contribution in [0.5, 0.6) is 0 Å². The summed E-state index contributed by atoms with van der Waals surface area (Å²) in [5.74, 6) is -0.298. The molecule has 1 aliphatic rings. The Morgan fingerprint density at radius 2 is 2.25 bits per heavy atom. The van der Waals surface area contributed by atoms with E-state index in [1.165, 1.54) is 11.3 Å². The van der Waals surface area contributed by atoms with E-state index in [2.05, 4.69) is 28.9 Å². The molecule has 1 atom stereocenters. The number of anilines is 1. The van der Waals surface area contributed by atoms with Crippen LogP contribution in [0.2, 0.25) is 0 Å². The van der Waals surface area contributed by atoms with Crippen LogP contribution < -0.4 is 10.6 Å². The molecule has 0 radical (unpaired) electrons. The van der Waals surface area contributed by atoms with Crippen LogP contribution >= 0.6 is 11.3 Å². The van der Waals surface area contributed by atoms with Gasteiger partial charge in [-0.3, -0.25) is 4.79 Å². The summed E-state index contributed by atoms with van der Waals surface area (Å²) in [5.41, 5.74) is 6.03. The van der Waals surface area contributed by atoms with Gasteiger partial charge in [-0.25, -0.2) is 4.98 Å². The molecule has 2 heterocycles. The molecule has 3 N–H and O–H groups in total. The normalized spacial score (nSPS) is 18.5. The highest BCUT2D eigenvalue weighted by Crippen LogP contribution is 2.28. The lowest BCUT2D eigenvalue weighted by atomic mass is 9.97. The molecule has 0 saturated carbocycles. The monoisotopic (exact) mass is 298 g/mol. The Bertz CT molecular complexity index is 455. The fourth-order valence-electron chi connectivity index (χ4n) is 2.51. The Labute approximate surface area is 123 Å². The van der Waals surface area contributed by atoms with E-state index in [1.807, 2.05) is 0 Å². The van der Waals surface area contributed by atoms with Crippen LogP contribution in [0.15, 0.2) is 5.38 Å². The quantitative estimate of drug-likeness (QED) is 0.844. The maximum absolute atomic E-state index is 10.9. The van der Waals surface area contributed by atoms with E-state index >= 15 is 0 Å². The SMILES string of the molecule is CN(C)CC1CCN(c2nc(C(N)C(=O)O)cs2)CC1. The van der Waals surface area contributed by atoms with Crippen molar-refractivity contribution >= 4 is 22.4 Å². The Morgan fingerprint density at radius 1 is 1.60 bits per heavy atom. The summed E-state index contributed by atoms with van der Waals surface area (Å²) in [5, 5.41) is 11.5. The van der Waals surface area contributed by atoms with E-state index in [0.717, 1.165) is 43.5 Å². The van der Waals surface area contributed by atoms with Gasteiger partial charge in [-0.05, 0) is 32.9 Å². The fraction of sp³-hybridized carbons (Fsp3) is 0.692. The van der Waals surface area contributed by atoms with E-state index in [1.54, 1.807) is 5.38 Å². The Morgan fingerprint density at radius 3 is 2.80 bits per heavy atom.